The van der Waals surface area contributed by atoms with Gasteiger partial charge in [-0.05, 0) is 13.8 Å². The molecule has 0 saturated carbocycles. The van der Waals surface area contributed by atoms with Crippen LogP contribution in [0, 0.1) is 0 Å². The van der Waals surface area contributed by atoms with E-state index in [2.05, 4.69) is 0 Å². The Balaban J connectivity index is 2.55. The Hall–Kier alpha value is -1.10. The number of hydrogen-bond donors (Lipinski definition) is 0. The van der Waals surface area contributed by atoms with Crippen molar-refractivity contribution in [3.63, 3.8) is 0 Å². The predicted molar refractivity (Wildman–Crippen MR) is 49.8 cm³/mol. The molecule has 0 amide bonds. The first-order valence-corrected chi connectivity index (χ1v) is 4.81. The van der Waals surface area contributed by atoms with Gasteiger partial charge in [0.2, 0.25) is 0 Å². The smallest absolute Gasteiger partial charge is 0.326 e. The second kappa shape index (κ2) is 4.23. The summed E-state index contributed by atoms with van der Waals surface area (Å²) in [6.45, 7) is 3.54. The first-order valence-electron chi connectivity index (χ1n) is 3.93. The molecule has 13 heavy (non-hydrogen) atoms. The monoisotopic (exact) mass is 201 g/mol. The summed E-state index contributed by atoms with van der Waals surface area (Å²) in [5, 5.41) is 1.64. The highest BCUT2D eigenvalue weighted by Crippen LogP contribution is 1.93. The number of esters is 1. The molecule has 0 atom stereocenters. The molecule has 4 nitrogen and oxygen atoms in total. The Morgan fingerprint density at radius 1 is 1.69 bits per heavy atom. The third-order valence-electron chi connectivity index (χ3n) is 1.31. The summed E-state index contributed by atoms with van der Waals surface area (Å²) in [7, 11) is 0. The van der Waals surface area contributed by atoms with Crippen molar-refractivity contribution in [2.24, 2.45) is 0 Å². The Morgan fingerprint density at radius 2 is 2.38 bits per heavy atom. The van der Waals surface area contributed by atoms with Crippen LogP contribution in [0.1, 0.15) is 13.8 Å². The van der Waals surface area contributed by atoms with Crippen LogP contribution in [0.3, 0.4) is 0 Å². The molecule has 0 aliphatic rings. The molecule has 0 radical (unpaired) electrons. The van der Waals surface area contributed by atoms with Crippen LogP contribution < -0.4 is 4.87 Å². The number of nitrogens with zero attached hydrogens (tertiary/aromatic N) is 1. The number of ether oxygens (including phenoxy) is 1. The topological polar surface area (TPSA) is 48.3 Å². The quantitative estimate of drug-likeness (QED) is 0.681. The van der Waals surface area contributed by atoms with Gasteiger partial charge in [0.1, 0.15) is 6.54 Å². The highest BCUT2D eigenvalue weighted by Gasteiger charge is 2.07. The van der Waals surface area contributed by atoms with E-state index in [0.29, 0.717) is 0 Å². The lowest BCUT2D eigenvalue weighted by molar-refractivity contribution is -0.148. The molecule has 5 heteroatoms. The third-order valence-corrected chi connectivity index (χ3v) is 2.00. The fraction of sp³-hybridized carbons (Fsp3) is 0.500. The second-order valence-electron chi connectivity index (χ2n) is 2.84. The minimum absolute atomic E-state index is 0.000509. The molecule has 0 bridgehead atoms. The van der Waals surface area contributed by atoms with Crippen molar-refractivity contribution in [1.82, 2.24) is 4.57 Å². The molecule has 0 aromatic carbocycles. The molecule has 0 N–H and O–H groups in total. The van der Waals surface area contributed by atoms with Gasteiger partial charge in [0.05, 0.1) is 6.10 Å². The van der Waals surface area contributed by atoms with E-state index in [0.717, 1.165) is 11.3 Å². The summed E-state index contributed by atoms with van der Waals surface area (Å²) in [6, 6.07) is 0. The van der Waals surface area contributed by atoms with Crippen LogP contribution in [-0.4, -0.2) is 16.6 Å². The fourth-order valence-electron chi connectivity index (χ4n) is 0.847. The predicted octanol–water partition coefficient (Wildman–Crippen LogP) is 0.861. The van der Waals surface area contributed by atoms with Crippen molar-refractivity contribution >= 4 is 17.3 Å². The van der Waals surface area contributed by atoms with Crippen LogP contribution in [0.15, 0.2) is 16.4 Å². The minimum atomic E-state index is -0.379. The molecular weight excluding hydrogens is 190 g/mol. The maximum Gasteiger partial charge on any atom is 0.326 e. The Bertz CT molecular complexity index is 339. The summed E-state index contributed by atoms with van der Waals surface area (Å²) < 4.78 is 6.21. The maximum atomic E-state index is 11.1. The van der Waals surface area contributed by atoms with Crippen LogP contribution in [0.2, 0.25) is 0 Å². The lowest BCUT2D eigenvalue weighted by Crippen LogP contribution is -2.22. The molecule has 0 unspecified atom stereocenters. The van der Waals surface area contributed by atoms with Crippen LogP contribution in [0.25, 0.3) is 0 Å². The van der Waals surface area contributed by atoms with E-state index in [1.807, 2.05) is 0 Å². The maximum absolute atomic E-state index is 11.1. The van der Waals surface area contributed by atoms with E-state index >= 15 is 0 Å². The molecule has 1 heterocycles. The van der Waals surface area contributed by atoms with Crippen molar-refractivity contribution in [2.75, 3.05) is 0 Å². The highest BCUT2D eigenvalue weighted by molar-refractivity contribution is 7.07. The molecule has 0 aliphatic heterocycles. The first kappa shape index (κ1) is 9.98. The van der Waals surface area contributed by atoms with E-state index in [4.69, 9.17) is 4.74 Å². The van der Waals surface area contributed by atoms with Gasteiger partial charge in [-0.15, -0.1) is 0 Å². The number of hydrogen-bond acceptors (Lipinski definition) is 4. The van der Waals surface area contributed by atoms with Gasteiger partial charge in [-0.3, -0.25) is 14.2 Å². The van der Waals surface area contributed by atoms with Crippen molar-refractivity contribution in [2.45, 2.75) is 26.5 Å². The Kier molecular flexibility index (Phi) is 3.25. The SMILES string of the molecule is CC(C)OC(=O)Cn1ccsc1=O. The largest absolute Gasteiger partial charge is 0.462 e. The zero-order valence-electron chi connectivity index (χ0n) is 7.52. The molecule has 1 rings (SSSR count). The number of thiazole rings is 1. The van der Waals surface area contributed by atoms with Gasteiger partial charge < -0.3 is 4.74 Å². The Morgan fingerprint density at radius 3 is 2.85 bits per heavy atom. The normalized spacial score (nSPS) is 10.4. The molecule has 0 spiro atoms. The van der Waals surface area contributed by atoms with Crippen LogP contribution in [0.5, 0.6) is 0 Å². The van der Waals surface area contributed by atoms with Gasteiger partial charge in [-0.25, -0.2) is 0 Å². The second-order valence-corrected chi connectivity index (χ2v) is 3.69. The number of rotatable bonds is 3. The van der Waals surface area contributed by atoms with E-state index < -0.39 is 0 Å². The van der Waals surface area contributed by atoms with Gasteiger partial charge in [0, 0.05) is 11.6 Å². The first-order chi connectivity index (χ1) is 6.09. The van der Waals surface area contributed by atoms with Gasteiger partial charge >= 0.3 is 10.8 Å². The van der Waals surface area contributed by atoms with Crippen LogP contribution in [0.4, 0.5) is 0 Å². The molecule has 1 aromatic heterocycles. The molecule has 0 fully saturated rings. The molecular formula is C8H11NO3S. The molecule has 72 valence electrons. The van der Waals surface area contributed by atoms with E-state index in [9.17, 15) is 9.59 Å². The third kappa shape index (κ3) is 3.02. The summed E-state index contributed by atoms with van der Waals surface area (Å²) in [6.07, 6.45) is 1.44. The lowest BCUT2D eigenvalue weighted by Gasteiger charge is -2.07. The minimum Gasteiger partial charge on any atom is -0.462 e. The molecule has 0 aliphatic carbocycles. The number of aromatic nitrogens is 1. The summed E-state index contributed by atoms with van der Waals surface area (Å²) >= 11 is 1.06. The average Bonchev–Trinajstić information content (AvgIpc) is 2.34. The zero-order valence-corrected chi connectivity index (χ0v) is 8.34. The molecule has 0 saturated heterocycles. The van der Waals surface area contributed by atoms with Crippen molar-refractivity contribution in [3.05, 3.63) is 21.2 Å². The number of carbonyl (C=O) groups is 1. The summed E-state index contributed by atoms with van der Waals surface area (Å²) in [4.78, 5) is 22.0. The van der Waals surface area contributed by atoms with E-state index in [1.54, 1.807) is 25.4 Å². The average molecular weight is 201 g/mol. The van der Waals surface area contributed by atoms with E-state index in [-0.39, 0.29) is 23.5 Å². The number of carbonyl (C=O) groups excluding carboxylic acids is 1. The van der Waals surface area contributed by atoms with E-state index in [1.165, 1.54) is 4.57 Å². The lowest BCUT2D eigenvalue weighted by atomic mass is 10.5. The Labute approximate surface area is 79.8 Å². The van der Waals surface area contributed by atoms with Crippen LogP contribution >= 0.6 is 11.3 Å². The highest BCUT2D eigenvalue weighted by atomic mass is 32.1. The fourth-order valence-corrected chi connectivity index (χ4v) is 1.43. The standard InChI is InChI=1S/C8H11NO3S/c1-6(2)12-7(10)5-9-3-4-13-8(9)11/h3-4,6H,5H2,1-2H3. The van der Waals surface area contributed by atoms with Gasteiger partial charge in [0.15, 0.2) is 0 Å². The van der Waals surface area contributed by atoms with Gasteiger partial charge in [0.25, 0.3) is 0 Å². The summed E-state index contributed by atoms with van der Waals surface area (Å²) in [5.41, 5.74) is 0. The van der Waals surface area contributed by atoms with Crippen molar-refractivity contribution in [3.8, 4) is 0 Å². The van der Waals surface area contributed by atoms with Crippen molar-refractivity contribution < 1.29 is 9.53 Å². The summed E-state index contributed by atoms with van der Waals surface area (Å²) in [5.74, 6) is -0.379. The molecule has 1 aromatic rings. The van der Waals surface area contributed by atoms with Crippen LogP contribution in [-0.2, 0) is 16.1 Å². The van der Waals surface area contributed by atoms with Gasteiger partial charge in [-0.1, -0.05) is 11.3 Å². The van der Waals surface area contributed by atoms with Crippen molar-refractivity contribution in [1.29, 1.82) is 0 Å². The zero-order chi connectivity index (χ0) is 9.84. The van der Waals surface area contributed by atoms with Gasteiger partial charge in [-0.2, -0.15) is 0 Å².